The maximum Gasteiger partial charge on any atom is 0.232 e. The summed E-state index contributed by atoms with van der Waals surface area (Å²) in [6, 6.07) is 0.112. The van der Waals surface area contributed by atoms with Gasteiger partial charge in [0.25, 0.3) is 0 Å². The first-order valence-electron chi connectivity index (χ1n) is 3.49. The van der Waals surface area contributed by atoms with Gasteiger partial charge in [-0.3, -0.25) is 4.55 Å². The fourth-order valence-corrected chi connectivity index (χ4v) is 1.52. The van der Waals surface area contributed by atoms with E-state index in [2.05, 4.69) is 4.72 Å². The highest BCUT2D eigenvalue weighted by atomic mass is 32.2. The first-order valence-corrected chi connectivity index (χ1v) is 4.60. The van der Waals surface area contributed by atoms with E-state index in [0.29, 0.717) is 0 Å². The Morgan fingerprint density at radius 1 is 1.55 bits per heavy atom. The van der Waals surface area contributed by atoms with Crippen LogP contribution in [-0.4, -0.2) is 20.8 Å². The molecule has 0 aliphatic heterocycles. The van der Waals surface area contributed by atoms with Crippen molar-refractivity contribution in [2.75, 3.05) is 0 Å². The van der Waals surface area contributed by atoms with Crippen LogP contribution in [0.2, 0.25) is 0 Å². The molecule has 0 aromatic carbocycles. The topological polar surface area (TPSA) is 75.3 Å². The van der Waals surface area contributed by atoms with Crippen LogP contribution < -0.4 is 10.5 Å². The molecule has 0 heterocycles. The molecule has 0 amide bonds. The summed E-state index contributed by atoms with van der Waals surface area (Å²) in [5.74, 6) is 0. The second-order valence-corrected chi connectivity index (χ2v) is 3.33. The molecule has 0 aromatic heterocycles. The summed E-state index contributed by atoms with van der Waals surface area (Å²) in [5.41, 5.74) is 5.57. The van der Waals surface area contributed by atoms with Crippen LogP contribution >= 0.6 is 0 Å². The lowest BCUT2D eigenvalue weighted by Crippen LogP contribution is -2.34. The van der Waals surface area contributed by atoms with Gasteiger partial charge in [0.15, 0.2) is 0 Å². The molecular formula is C6H12N2O2S. The van der Waals surface area contributed by atoms with Gasteiger partial charge in [-0.05, 0) is 12.8 Å². The third-order valence-electron chi connectivity index (χ3n) is 1.65. The van der Waals surface area contributed by atoms with Gasteiger partial charge in [0.1, 0.15) is 0 Å². The van der Waals surface area contributed by atoms with Gasteiger partial charge >= 0.3 is 0 Å². The maximum absolute atomic E-state index is 10.3. The Morgan fingerprint density at radius 3 is 2.73 bits per heavy atom. The second-order valence-electron chi connectivity index (χ2n) is 2.60. The van der Waals surface area contributed by atoms with Crippen LogP contribution in [0.3, 0.4) is 0 Å². The van der Waals surface area contributed by atoms with E-state index in [-0.39, 0.29) is 12.1 Å². The molecule has 2 unspecified atom stereocenters. The molecule has 0 radical (unpaired) electrons. The van der Waals surface area contributed by atoms with Crippen molar-refractivity contribution in [2.45, 2.75) is 24.9 Å². The van der Waals surface area contributed by atoms with Gasteiger partial charge < -0.3 is 5.73 Å². The average Bonchev–Trinajstić information content (AvgIpc) is 1.93. The third kappa shape index (κ3) is 3.11. The van der Waals surface area contributed by atoms with Crippen LogP contribution in [0.15, 0.2) is 12.2 Å². The molecule has 64 valence electrons. The predicted octanol–water partition coefficient (Wildman–Crippen LogP) is -0.241. The van der Waals surface area contributed by atoms with E-state index in [1.54, 1.807) is 0 Å². The Bertz CT molecular complexity index is 183. The van der Waals surface area contributed by atoms with Gasteiger partial charge in [-0.1, -0.05) is 12.2 Å². The van der Waals surface area contributed by atoms with Crippen molar-refractivity contribution in [3.8, 4) is 0 Å². The molecule has 1 aliphatic rings. The number of rotatable bonds is 2. The van der Waals surface area contributed by atoms with Crippen molar-refractivity contribution in [3.05, 3.63) is 12.2 Å². The highest BCUT2D eigenvalue weighted by molar-refractivity contribution is 7.77. The van der Waals surface area contributed by atoms with Gasteiger partial charge in [0, 0.05) is 12.1 Å². The van der Waals surface area contributed by atoms with Gasteiger partial charge in [0.05, 0.1) is 0 Å². The van der Waals surface area contributed by atoms with Gasteiger partial charge in [-0.15, -0.1) is 0 Å². The Labute approximate surface area is 68.3 Å². The predicted molar refractivity (Wildman–Crippen MR) is 44.0 cm³/mol. The molecule has 0 aromatic rings. The fourth-order valence-electron chi connectivity index (χ4n) is 1.07. The molecular weight excluding hydrogens is 164 g/mol. The Hall–Kier alpha value is -0.230. The van der Waals surface area contributed by atoms with Crippen LogP contribution in [0, 0.1) is 0 Å². The summed E-state index contributed by atoms with van der Waals surface area (Å²) in [5, 5.41) is 0. The lowest BCUT2D eigenvalue weighted by molar-refractivity contribution is 0.513. The van der Waals surface area contributed by atoms with Crippen molar-refractivity contribution in [1.29, 1.82) is 0 Å². The van der Waals surface area contributed by atoms with Crippen LogP contribution in [0.4, 0.5) is 0 Å². The lowest BCUT2D eigenvalue weighted by atomic mass is 10.0. The molecule has 5 heteroatoms. The summed E-state index contributed by atoms with van der Waals surface area (Å²) < 4.78 is 21.2. The van der Waals surface area contributed by atoms with Crippen molar-refractivity contribution >= 4 is 11.3 Å². The molecule has 4 nitrogen and oxygen atoms in total. The highest BCUT2D eigenvalue weighted by Gasteiger charge is 2.13. The molecule has 0 fully saturated rings. The van der Waals surface area contributed by atoms with Crippen LogP contribution in [0.25, 0.3) is 0 Å². The van der Waals surface area contributed by atoms with E-state index in [4.69, 9.17) is 10.3 Å². The molecule has 1 aliphatic carbocycles. The third-order valence-corrected chi connectivity index (χ3v) is 2.16. The average molecular weight is 176 g/mol. The monoisotopic (exact) mass is 176 g/mol. The van der Waals surface area contributed by atoms with Gasteiger partial charge in [-0.2, -0.15) is 0 Å². The number of hydrogen-bond acceptors (Lipinski definition) is 2. The number of nitrogens with one attached hydrogen (secondary N) is 1. The first-order chi connectivity index (χ1) is 5.18. The normalized spacial score (nSPS) is 33.6. The van der Waals surface area contributed by atoms with E-state index >= 15 is 0 Å². The zero-order valence-corrected chi connectivity index (χ0v) is 6.88. The minimum Gasteiger partial charge on any atom is -0.324 e. The number of hydrogen-bond donors (Lipinski definition) is 3. The second kappa shape index (κ2) is 3.96. The SMILES string of the molecule is N[C@H]1C=CC(NS(=O)O)CC1. The van der Waals surface area contributed by atoms with Crippen LogP contribution in [-0.2, 0) is 11.3 Å². The smallest absolute Gasteiger partial charge is 0.232 e. The molecule has 4 N–H and O–H groups in total. The molecule has 3 atom stereocenters. The Kier molecular flexibility index (Phi) is 3.19. The van der Waals surface area contributed by atoms with Crippen molar-refractivity contribution < 1.29 is 8.76 Å². The quantitative estimate of drug-likeness (QED) is 0.401. The van der Waals surface area contributed by atoms with Crippen molar-refractivity contribution in [2.24, 2.45) is 5.73 Å². The summed E-state index contributed by atoms with van der Waals surface area (Å²) in [6.45, 7) is 0. The molecule has 0 bridgehead atoms. The lowest BCUT2D eigenvalue weighted by Gasteiger charge is -2.19. The fraction of sp³-hybridized carbons (Fsp3) is 0.667. The van der Waals surface area contributed by atoms with E-state index in [1.807, 2.05) is 12.2 Å². The Morgan fingerprint density at radius 2 is 2.27 bits per heavy atom. The van der Waals surface area contributed by atoms with E-state index < -0.39 is 11.3 Å². The van der Waals surface area contributed by atoms with E-state index in [1.165, 1.54) is 0 Å². The summed E-state index contributed by atoms with van der Waals surface area (Å²) in [6.07, 6.45) is 5.38. The molecule has 0 saturated heterocycles. The number of nitrogens with two attached hydrogens (primary N) is 1. The highest BCUT2D eigenvalue weighted by Crippen LogP contribution is 2.09. The molecule has 0 spiro atoms. The minimum absolute atomic E-state index is 0.000586. The summed E-state index contributed by atoms with van der Waals surface area (Å²) >= 11 is -1.92. The van der Waals surface area contributed by atoms with Crippen molar-refractivity contribution in [3.63, 3.8) is 0 Å². The zero-order valence-electron chi connectivity index (χ0n) is 6.06. The first kappa shape index (κ1) is 8.86. The largest absolute Gasteiger partial charge is 0.324 e. The standard InChI is InChI=1S/C6H12N2O2S/c7-5-1-3-6(4-2-5)8-11(9)10/h1,3,5-6,8H,2,4,7H2,(H,9,10)/t5-,6?/m0/s1. The zero-order chi connectivity index (χ0) is 8.27. The molecule has 1 rings (SSSR count). The molecule has 11 heavy (non-hydrogen) atoms. The maximum atomic E-state index is 10.3. The van der Waals surface area contributed by atoms with E-state index in [0.717, 1.165) is 12.8 Å². The summed E-state index contributed by atoms with van der Waals surface area (Å²) in [4.78, 5) is 0. The minimum atomic E-state index is -1.92. The molecule has 0 saturated carbocycles. The Balaban J connectivity index is 2.38. The van der Waals surface area contributed by atoms with Crippen molar-refractivity contribution in [1.82, 2.24) is 4.72 Å². The van der Waals surface area contributed by atoms with E-state index in [9.17, 15) is 4.21 Å². The van der Waals surface area contributed by atoms with Gasteiger partial charge in [0.2, 0.25) is 11.3 Å². The summed E-state index contributed by atoms with van der Waals surface area (Å²) in [7, 11) is 0. The van der Waals surface area contributed by atoms with Gasteiger partial charge in [-0.25, -0.2) is 8.93 Å². The van der Waals surface area contributed by atoms with Crippen LogP contribution in [0.1, 0.15) is 12.8 Å². The van der Waals surface area contributed by atoms with Crippen LogP contribution in [0.5, 0.6) is 0 Å².